The Morgan fingerprint density at radius 2 is 1.59 bits per heavy atom. The Balaban J connectivity index is 1.44. The van der Waals surface area contributed by atoms with Crippen molar-refractivity contribution in [3.63, 3.8) is 0 Å². The molecule has 2 N–H and O–H groups in total. The van der Waals surface area contributed by atoms with E-state index in [2.05, 4.69) is 12.2 Å². The van der Waals surface area contributed by atoms with Crippen LogP contribution in [0.2, 0.25) is 0 Å². The number of amides is 1. The minimum absolute atomic E-state index is 0.0908. The number of hydrogen-bond acceptors (Lipinski definition) is 4. The van der Waals surface area contributed by atoms with E-state index in [0.717, 1.165) is 32.1 Å². The zero-order chi connectivity index (χ0) is 20.8. The van der Waals surface area contributed by atoms with E-state index in [9.17, 15) is 23.1 Å². The molecule has 2 saturated carbocycles. The van der Waals surface area contributed by atoms with E-state index in [1.54, 1.807) is 12.1 Å². The molecule has 1 aliphatic heterocycles. The minimum atomic E-state index is -3.53. The molecule has 0 unspecified atom stereocenters. The number of carboxylic acids is 1. The summed E-state index contributed by atoms with van der Waals surface area (Å²) in [5.74, 6) is -1.53. The fourth-order valence-electron chi connectivity index (χ4n) is 5.33. The molecule has 7 nitrogen and oxygen atoms in total. The summed E-state index contributed by atoms with van der Waals surface area (Å²) < 4.78 is 27.2. The Labute approximate surface area is 171 Å². The zero-order valence-corrected chi connectivity index (χ0v) is 17.4. The van der Waals surface area contributed by atoms with Crippen LogP contribution in [0.15, 0.2) is 29.2 Å². The van der Waals surface area contributed by atoms with Gasteiger partial charge in [-0.25, -0.2) is 8.42 Å². The predicted octanol–water partition coefficient (Wildman–Crippen LogP) is 2.79. The van der Waals surface area contributed by atoms with Crippen molar-refractivity contribution in [3.8, 4) is 0 Å². The summed E-state index contributed by atoms with van der Waals surface area (Å²) in [5.41, 5.74) is 0.494. The van der Waals surface area contributed by atoms with E-state index in [1.807, 2.05) is 0 Å². The molecule has 4 atom stereocenters. The van der Waals surface area contributed by atoms with Gasteiger partial charge in [0.2, 0.25) is 15.9 Å². The van der Waals surface area contributed by atoms with Crippen molar-refractivity contribution in [2.75, 3.05) is 18.4 Å². The molecule has 4 rings (SSSR count). The first kappa shape index (κ1) is 20.3. The summed E-state index contributed by atoms with van der Waals surface area (Å²) >= 11 is 0. The molecule has 0 spiro atoms. The lowest BCUT2D eigenvalue weighted by Gasteiger charge is -2.29. The summed E-state index contributed by atoms with van der Waals surface area (Å²) in [6.07, 6.45) is 4.31. The quantitative estimate of drug-likeness (QED) is 0.762. The maximum atomic E-state index is 12.8. The van der Waals surface area contributed by atoms with Gasteiger partial charge in [0.25, 0.3) is 0 Å². The highest BCUT2D eigenvalue weighted by Gasteiger charge is 2.54. The van der Waals surface area contributed by atoms with Gasteiger partial charge in [-0.2, -0.15) is 4.31 Å². The fourth-order valence-corrected chi connectivity index (χ4v) is 6.80. The molecule has 2 bridgehead atoms. The van der Waals surface area contributed by atoms with Crippen LogP contribution in [0.3, 0.4) is 0 Å². The van der Waals surface area contributed by atoms with E-state index in [4.69, 9.17) is 0 Å². The standard InChI is InChI=1S/C21H28N2O5S/c1-13-8-10-23(11-9-13)29(27,28)17-6-4-16(5-7-17)22-20(24)18-14-2-3-15(12-14)19(18)21(25)26/h4-7,13-15,18-19H,2-3,8-12H2,1H3,(H,22,24)(H,25,26)/t14-,15-,18+,19-/m0/s1. The number of anilines is 1. The Hall–Kier alpha value is -1.93. The Kier molecular flexibility index (Phi) is 5.42. The number of fused-ring (bicyclic) bond motifs is 2. The molecule has 158 valence electrons. The topological polar surface area (TPSA) is 104 Å². The Bertz CT molecular complexity index is 890. The number of aliphatic carboxylic acids is 1. The number of hydrogen-bond donors (Lipinski definition) is 2. The van der Waals surface area contributed by atoms with Crippen molar-refractivity contribution in [2.45, 2.75) is 43.9 Å². The van der Waals surface area contributed by atoms with E-state index in [0.29, 0.717) is 24.7 Å². The van der Waals surface area contributed by atoms with Crippen LogP contribution in [0.4, 0.5) is 5.69 Å². The van der Waals surface area contributed by atoms with Crippen molar-refractivity contribution in [1.29, 1.82) is 0 Å². The summed E-state index contributed by atoms with van der Waals surface area (Å²) in [4.78, 5) is 24.6. The zero-order valence-electron chi connectivity index (χ0n) is 16.6. The number of rotatable bonds is 5. The monoisotopic (exact) mass is 420 g/mol. The van der Waals surface area contributed by atoms with Gasteiger partial charge in [0, 0.05) is 18.8 Å². The van der Waals surface area contributed by atoms with Crippen LogP contribution in [-0.4, -0.2) is 42.8 Å². The second-order valence-corrected chi connectivity index (χ2v) is 10.8. The van der Waals surface area contributed by atoms with Gasteiger partial charge in [-0.05, 0) is 74.1 Å². The van der Waals surface area contributed by atoms with Gasteiger partial charge in [-0.1, -0.05) is 6.92 Å². The second-order valence-electron chi connectivity index (χ2n) is 8.82. The molecular weight excluding hydrogens is 392 g/mol. The number of carbonyl (C=O) groups excluding carboxylic acids is 1. The SMILES string of the molecule is CC1CCN(S(=O)(=O)c2ccc(NC(=O)[C@@H]3[C@H]4CC[C@@H](C4)[C@@H]3C(=O)O)cc2)CC1. The number of carbonyl (C=O) groups is 2. The molecule has 3 fully saturated rings. The first-order chi connectivity index (χ1) is 13.8. The molecule has 2 aliphatic carbocycles. The molecule has 1 aromatic rings. The van der Waals surface area contributed by atoms with Crippen molar-refractivity contribution >= 4 is 27.6 Å². The highest BCUT2D eigenvalue weighted by molar-refractivity contribution is 7.89. The van der Waals surface area contributed by atoms with Crippen LogP contribution in [0, 0.1) is 29.6 Å². The molecule has 3 aliphatic rings. The van der Waals surface area contributed by atoms with Gasteiger partial charge in [0.15, 0.2) is 0 Å². The predicted molar refractivity (Wildman–Crippen MR) is 108 cm³/mol. The summed E-state index contributed by atoms with van der Waals surface area (Å²) in [6, 6.07) is 6.19. The fraction of sp³-hybridized carbons (Fsp3) is 0.619. The van der Waals surface area contributed by atoms with Crippen LogP contribution in [0.1, 0.15) is 39.0 Å². The average Bonchev–Trinajstić information content (AvgIpc) is 3.30. The summed E-state index contributed by atoms with van der Waals surface area (Å²) in [5, 5.41) is 12.3. The molecule has 1 aromatic carbocycles. The van der Waals surface area contributed by atoms with Crippen molar-refractivity contribution in [3.05, 3.63) is 24.3 Å². The molecule has 1 heterocycles. The Morgan fingerprint density at radius 3 is 2.17 bits per heavy atom. The van der Waals surface area contributed by atoms with Gasteiger partial charge in [-0.3, -0.25) is 9.59 Å². The molecule has 29 heavy (non-hydrogen) atoms. The molecule has 0 aromatic heterocycles. The molecule has 1 saturated heterocycles. The number of nitrogens with one attached hydrogen (secondary N) is 1. The highest BCUT2D eigenvalue weighted by atomic mass is 32.2. The van der Waals surface area contributed by atoms with Crippen LogP contribution >= 0.6 is 0 Å². The lowest BCUT2D eigenvalue weighted by atomic mass is 9.78. The maximum Gasteiger partial charge on any atom is 0.307 e. The first-order valence-electron chi connectivity index (χ1n) is 10.4. The van der Waals surface area contributed by atoms with Gasteiger partial charge >= 0.3 is 5.97 Å². The summed E-state index contributed by atoms with van der Waals surface area (Å²) in [6.45, 7) is 3.19. The smallest absolute Gasteiger partial charge is 0.307 e. The summed E-state index contributed by atoms with van der Waals surface area (Å²) in [7, 11) is -3.53. The van der Waals surface area contributed by atoms with Gasteiger partial charge in [0.05, 0.1) is 16.7 Å². The van der Waals surface area contributed by atoms with Gasteiger partial charge in [0.1, 0.15) is 0 Å². The Morgan fingerprint density at radius 1 is 1.00 bits per heavy atom. The number of nitrogens with zero attached hydrogens (tertiary/aromatic N) is 1. The molecule has 1 amide bonds. The largest absolute Gasteiger partial charge is 0.481 e. The van der Waals surface area contributed by atoms with Gasteiger partial charge in [-0.15, -0.1) is 0 Å². The van der Waals surface area contributed by atoms with Crippen LogP contribution in [0.25, 0.3) is 0 Å². The molecule has 0 radical (unpaired) electrons. The lowest BCUT2D eigenvalue weighted by molar-refractivity contribution is -0.148. The lowest BCUT2D eigenvalue weighted by Crippen LogP contribution is -2.38. The van der Waals surface area contributed by atoms with E-state index < -0.39 is 27.8 Å². The van der Waals surface area contributed by atoms with Crippen LogP contribution in [-0.2, 0) is 19.6 Å². The van der Waals surface area contributed by atoms with Gasteiger partial charge < -0.3 is 10.4 Å². The number of carboxylic acid groups (broad SMARTS) is 1. The van der Waals surface area contributed by atoms with E-state index in [-0.39, 0.29) is 22.6 Å². The first-order valence-corrected chi connectivity index (χ1v) is 11.8. The average molecular weight is 421 g/mol. The third-order valence-corrected chi connectivity index (χ3v) is 8.92. The third-order valence-electron chi connectivity index (χ3n) is 7.01. The van der Waals surface area contributed by atoms with Crippen LogP contribution in [0.5, 0.6) is 0 Å². The second kappa shape index (κ2) is 7.72. The highest BCUT2D eigenvalue weighted by Crippen LogP contribution is 2.52. The van der Waals surface area contributed by atoms with E-state index in [1.165, 1.54) is 16.4 Å². The number of sulfonamides is 1. The normalized spacial score (nSPS) is 30.4. The molecular formula is C21H28N2O5S. The number of piperidine rings is 1. The van der Waals surface area contributed by atoms with Crippen LogP contribution < -0.4 is 5.32 Å². The van der Waals surface area contributed by atoms with Crippen molar-refractivity contribution in [2.24, 2.45) is 29.6 Å². The van der Waals surface area contributed by atoms with Crippen molar-refractivity contribution < 1.29 is 23.1 Å². The minimum Gasteiger partial charge on any atom is -0.481 e. The number of benzene rings is 1. The maximum absolute atomic E-state index is 12.8. The third kappa shape index (κ3) is 3.80. The van der Waals surface area contributed by atoms with Crippen molar-refractivity contribution in [1.82, 2.24) is 4.31 Å². The molecule has 8 heteroatoms. The van der Waals surface area contributed by atoms with E-state index >= 15 is 0 Å².